The molecular formula is C14H23NO5. The maximum Gasteiger partial charge on any atom is 0.305 e. The van der Waals surface area contributed by atoms with Crippen molar-refractivity contribution in [1.82, 2.24) is 5.32 Å². The zero-order chi connectivity index (χ0) is 14.4. The number of carbonyl (C=O) groups is 2. The summed E-state index contributed by atoms with van der Waals surface area (Å²) in [4.78, 5) is 22.9. The van der Waals surface area contributed by atoms with Gasteiger partial charge in [-0.2, -0.15) is 0 Å². The van der Waals surface area contributed by atoms with Gasteiger partial charge in [0.2, 0.25) is 5.91 Å². The SMILES string of the molecule is O=C(O)CC1(NC(=O)CCC2CCCCO2)CCOC1. The quantitative estimate of drug-likeness (QED) is 0.763. The third-order valence-corrected chi connectivity index (χ3v) is 3.96. The molecule has 0 bridgehead atoms. The molecule has 6 heteroatoms. The van der Waals surface area contributed by atoms with Gasteiger partial charge in [0, 0.05) is 19.6 Å². The predicted octanol–water partition coefficient (Wildman–Crippen LogP) is 1.09. The first-order valence-electron chi connectivity index (χ1n) is 7.32. The first-order valence-corrected chi connectivity index (χ1v) is 7.32. The van der Waals surface area contributed by atoms with Crippen molar-refractivity contribution in [1.29, 1.82) is 0 Å². The van der Waals surface area contributed by atoms with Gasteiger partial charge in [-0.25, -0.2) is 0 Å². The summed E-state index contributed by atoms with van der Waals surface area (Å²) in [6.45, 7) is 1.56. The maximum atomic E-state index is 12.0. The normalized spacial score (nSPS) is 30.1. The Balaban J connectivity index is 1.77. The van der Waals surface area contributed by atoms with Crippen LogP contribution in [0.3, 0.4) is 0 Å². The summed E-state index contributed by atoms with van der Waals surface area (Å²) in [5, 5.41) is 11.8. The molecule has 0 saturated carbocycles. The fourth-order valence-electron chi connectivity index (χ4n) is 2.86. The molecule has 2 aliphatic rings. The van der Waals surface area contributed by atoms with Crippen molar-refractivity contribution in [2.75, 3.05) is 19.8 Å². The lowest BCUT2D eigenvalue weighted by Crippen LogP contribution is -2.50. The van der Waals surface area contributed by atoms with Gasteiger partial charge in [0.05, 0.1) is 24.7 Å². The standard InChI is InChI=1S/C14H23NO5/c16-12(5-4-11-3-1-2-7-20-11)15-14(9-13(17)18)6-8-19-10-14/h11H,1-10H2,(H,15,16)(H,17,18). The topological polar surface area (TPSA) is 84.9 Å². The van der Waals surface area contributed by atoms with E-state index in [1.54, 1.807) is 0 Å². The molecule has 0 spiro atoms. The van der Waals surface area contributed by atoms with Crippen LogP contribution < -0.4 is 5.32 Å². The molecule has 0 aliphatic carbocycles. The van der Waals surface area contributed by atoms with Crippen molar-refractivity contribution >= 4 is 11.9 Å². The molecule has 0 radical (unpaired) electrons. The first-order chi connectivity index (χ1) is 9.60. The van der Waals surface area contributed by atoms with Crippen LogP contribution in [0, 0.1) is 0 Å². The summed E-state index contributed by atoms with van der Waals surface area (Å²) in [6, 6.07) is 0. The van der Waals surface area contributed by atoms with Crippen LogP contribution in [0.1, 0.15) is 44.9 Å². The summed E-state index contributed by atoms with van der Waals surface area (Å²) in [6.07, 6.45) is 5.00. The minimum absolute atomic E-state index is 0.0847. The Kier molecular flexibility index (Phi) is 5.37. The molecule has 2 atom stereocenters. The molecular weight excluding hydrogens is 262 g/mol. The molecule has 2 fully saturated rings. The Labute approximate surface area is 118 Å². The zero-order valence-corrected chi connectivity index (χ0v) is 11.7. The van der Waals surface area contributed by atoms with Gasteiger partial charge in [-0.1, -0.05) is 0 Å². The number of hydrogen-bond donors (Lipinski definition) is 2. The average molecular weight is 285 g/mol. The fraction of sp³-hybridized carbons (Fsp3) is 0.857. The van der Waals surface area contributed by atoms with E-state index in [2.05, 4.69) is 5.32 Å². The minimum atomic E-state index is -0.911. The van der Waals surface area contributed by atoms with Gasteiger partial charge in [0.25, 0.3) is 0 Å². The number of aliphatic carboxylic acids is 1. The molecule has 2 rings (SSSR count). The van der Waals surface area contributed by atoms with Crippen LogP contribution in [0.4, 0.5) is 0 Å². The lowest BCUT2D eigenvalue weighted by molar-refractivity contribution is -0.139. The highest BCUT2D eigenvalue weighted by atomic mass is 16.5. The van der Waals surface area contributed by atoms with Crippen LogP contribution in [0.25, 0.3) is 0 Å². The van der Waals surface area contributed by atoms with Crippen LogP contribution in [0.5, 0.6) is 0 Å². The van der Waals surface area contributed by atoms with E-state index in [0.717, 1.165) is 25.9 Å². The molecule has 6 nitrogen and oxygen atoms in total. The van der Waals surface area contributed by atoms with Crippen LogP contribution in [-0.4, -0.2) is 48.4 Å². The van der Waals surface area contributed by atoms with Crippen LogP contribution in [-0.2, 0) is 19.1 Å². The lowest BCUT2D eigenvalue weighted by Gasteiger charge is -2.28. The number of ether oxygens (including phenoxy) is 2. The molecule has 1 amide bonds. The van der Waals surface area contributed by atoms with E-state index in [0.29, 0.717) is 25.9 Å². The molecule has 2 aliphatic heterocycles. The Hall–Kier alpha value is -1.14. The molecule has 0 aromatic heterocycles. The highest BCUT2D eigenvalue weighted by Crippen LogP contribution is 2.23. The van der Waals surface area contributed by atoms with Crippen molar-refractivity contribution in [2.24, 2.45) is 0 Å². The number of rotatable bonds is 6. The average Bonchev–Trinajstić information content (AvgIpc) is 2.85. The van der Waals surface area contributed by atoms with E-state index in [9.17, 15) is 9.59 Å². The van der Waals surface area contributed by atoms with E-state index in [1.807, 2.05) is 0 Å². The van der Waals surface area contributed by atoms with Gasteiger partial charge < -0.3 is 19.9 Å². The summed E-state index contributed by atoms with van der Waals surface area (Å²) >= 11 is 0. The number of carbonyl (C=O) groups excluding carboxylic acids is 1. The highest BCUT2D eigenvalue weighted by Gasteiger charge is 2.38. The van der Waals surface area contributed by atoms with E-state index >= 15 is 0 Å². The third kappa shape index (κ3) is 4.45. The smallest absolute Gasteiger partial charge is 0.305 e. The van der Waals surface area contributed by atoms with E-state index < -0.39 is 11.5 Å². The summed E-state index contributed by atoms with van der Waals surface area (Å²) < 4.78 is 10.8. The summed E-state index contributed by atoms with van der Waals surface area (Å²) in [5.74, 6) is -1.02. The minimum Gasteiger partial charge on any atom is -0.481 e. The van der Waals surface area contributed by atoms with Crippen LogP contribution in [0.2, 0.25) is 0 Å². The summed E-state index contributed by atoms with van der Waals surface area (Å²) in [7, 11) is 0. The predicted molar refractivity (Wildman–Crippen MR) is 71.4 cm³/mol. The van der Waals surface area contributed by atoms with Crippen molar-refractivity contribution in [3.63, 3.8) is 0 Å². The Morgan fingerprint density at radius 1 is 1.30 bits per heavy atom. The molecule has 2 heterocycles. The second-order valence-electron chi connectivity index (χ2n) is 5.73. The largest absolute Gasteiger partial charge is 0.481 e. The number of carboxylic acid groups (broad SMARTS) is 1. The van der Waals surface area contributed by atoms with Gasteiger partial charge in [-0.3, -0.25) is 9.59 Å². The molecule has 0 aromatic carbocycles. The second kappa shape index (κ2) is 7.04. The molecule has 2 N–H and O–H groups in total. The molecule has 20 heavy (non-hydrogen) atoms. The Morgan fingerprint density at radius 2 is 2.15 bits per heavy atom. The number of hydrogen-bond acceptors (Lipinski definition) is 4. The van der Waals surface area contributed by atoms with Gasteiger partial charge in [0.1, 0.15) is 0 Å². The molecule has 2 saturated heterocycles. The maximum absolute atomic E-state index is 12.0. The highest BCUT2D eigenvalue weighted by molar-refractivity contribution is 5.78. The molecule has 0 aromatic rings. The fourth-order valence-corrected chi connectivity index (χ4v) is 2.86. The van der Waals surface area contributed by atoms with E-state index in [-0.39, 0.29) is 25.0 Å². The first kappa shape index (κ1) is 15.3. The number of carboxylic acids is 1. The van der Waals surface area contributed by atoms with E-state index in [1.165, 1.54) is 0 Å². The summed E-state index contributed by atoms with van der Waals surface area (Å²) in [5.41, 5.74) is -0.726. The van der Waals surface area contributed by atoms with Crippen molar-refractivity contribution in [3.05, 3.63) is 0 Å². The van der Waals surface area contributed by atoms with E-state index in [4.69, 9.17) is 14.6 Å². The third-order valence-electron chi connectivity index (χ3n) is 3.96. The van der Waals surface area contributed by atoms with Crippen LogP contribution >= 0.6 is 0 Å². The number of nitrogens with one attached hydrogen (secondary N) is 1. The Bertz CT molecular complexity index is 345. The second-order valence-corrected chi connectivity index (χ2v) is 5.73. The van der Waals surface area contributed by atoms with Gasteiger partial charge in [-0.05, 0) is 32.1 Å². The van der Waals surface area contributed by atoms with Gasteiger partial charge >= 0.3 is 5.97 Å². The molecule has 2 unspecified atom stereocenters. The molecule has 114 valence electrons. The van der Waals surface area contributed by atoms with Crippen molar-refractivity contribution < 1.29 is 24.2 Å². The van der Waals surface area contributed by atoms with Crippen LogP contribution in [0.15, 0.2) is 0 Å². The number of amides is 1. The monoisotopic (exact) mass is 285 g/mol. The zero-order valence-electron chi connectivity index (χ0n) is 11.7. The van der Waals surface area contributed by atoms with Gasteiger partial charge in [0.15, 0.2) is 0 Å². The Morgan fingerprint density at radius 3 is 2.75 bits per heavy atom. The van der Waals surface area contributed by atoms with Crippen molar-refractivity contribution in [2.45, 2.75) is 56.6 Å². The van der Waals surface area contributed by atoms with Gasteiger partial charge in [-0.15, -0.1) is 0 Å². The lowest BCUT2D eigenvalue weighted by atomic mass is 9.93. The van der Waals surface area contributed by atoms with Crippen molar-refractivity contribution in [3.8, 4) is 0 Å².